The first-order valence-electron chi connectivity index (χ1n) is 6.84. The van der Waals surface area contributed by atoms with E-state index in [1.165, 1.54) is 0 Å². The second-order valence-corrected chi connectivity index (χ2v) is 5.24. The maximum Gasteiger partial charge on any atom is 0.220 e. The van der Waals surface area contributed by atoms with Gasteiger partial charge in [-0.15, -0.1) is 0 Å². The van der Waals surface area contributed by atoms with Crippen molar-refractivity contribution in [3.05, 3.63) is 30.5 Å². The van der Waals surface area contributed by atoms with E-state index in [0.717, 1.165) is 42.5 Å². The number of hydrogen-bond donors (Lipinski definition) is 2. The number of pyridine rings is 1. The van der Waals surface area contributed by atoms with Gasteiger partial charge in [0.1, 0.15) is 0 Å². The number of aromatic nitrogens is 1. The van der Waals surface area contributed by atoms with Crippen molar-refractivity contribution < 1.29 is 4.79 Å². The van der Waals surface area contributed by atoms with E-state index in [2.05, 4.69) is 9.88 Å². The van der Waals surface area contributed by atoms with Gasteiger partial charge in [0.05, 0.1) is 11.2 Å². The normalized spacial score (nSPS) is 16.5. The third-order valence-corrected chi connectivity index (χ3v) is 4.02. The topological polar surface area (TPSA) is 85.2 Å². The van der Waals surface area contributed by atoms with Crippen LogP contribution in [0.3, 0.4) is 0 Å². The Kier molecular flexibility index (Phi) is 3.18. The summed E-state index contributed by atoms with van der Waals surface area (Å²) in [6.45, 7) is 1.67. The fourth-order valence-corrected chi connectivity index (χ4v) is 2.86. The summed E-state index contributed by atoms with van der Waals surface area (Å²) in [5.41, 5.74) is 14.0. The van der Waals surface area contributed by atoms with Crippen LogP contribution in [0.4, 0.5) is 11.4 Å². The first kappa shape index (κ1) is 12.7. The zero-order valence-electron chi connectivity index (χ0n) is 11.2. The maximum atomic E-state index is 11.2. The number of amides is 1. The fourth-order valence-electron chi connectivity index (χ4n) is 2.86. The summed E-state index contributed by atoms with van der Waals surface area (Å²) in [4.78, 5) is 17.9. The molecule has 5 heteroatoms. The minimum absolute atomic E-state index is 0.00409. The standard InChI is InChI=1S/C15H18N4O/c16-12-3-4-13(11-2-1-7-18-14(11)12)19-8-5-10(6-9-19)15(17)20/h1-4,7,10H,5-6,8-9,16H2,(H2,17,20). The second-order valence-electron chi connectivity index (χ2n) is 5.24. The van der Waals surface area contributed by atoms with Crippen LogP contribution < -0.4 is 16.4 Å². The molecule has 1 aromatic heterocycles. The molecule has 104 valence electrons. The van der Waals surface area contributed by atoms with Crippen LogP contribution >= 0.6 is 0 Å². The van der Waals surface area contributed by atoms with Crippen LogP contribution in [0.5, 0.6) is 0 Å². The van der Waals surface area contributed by atoms with Crippen molar-refractivity contribution >= 4 is 28.2 Å². The Labute approximate surface area is 117 Å². The number of nitrogens with two attached hydrogens (primary N) is 2. The molecule has 1 aliphatic rings. The van der Waals surface area contributed by atoms with Gasteiger partial charge in [-0.25, -0.2) is 0 Å². The highest BCUT2D eigenvalue weighted by atomic mass is 16.1. The Hall–Kier alpha value is -2.30. The predicted molar refractivity (Wildman–Crippen MR) is 80.3 cm³/mol. The van der Waals surface area contributed by atoms with Gasteiger partial charge < -0.3 is 16.4 Å². The molecular formula is C15H18N4O. The Morgan fingerprint density at radius 2 is 2.00 bits per heavy atom. The van der Waals surface area contributed by atoms with E-state index in [4.69, 9.17) is 11.5 Å². The van der Waals surface area contributed by atoms with Crippen LogP contribution in [0.15, 0.2) is 30.5 Å². The van der Waals surface area contributed by atoms with E-state index in [-0.39, 0.29) is 11.8 Å². The van der Waals surface area contributed by atoms with Crippen molar-refractivity contribution in [1.82, 2.24) is 4.98 Å². The molecule has 0 unspecified atom stereocenters. The molecule has 4 N–H and O–H groups in total. The van der Waals surface area contributed by atoms with Crippen molar-refractivity contribution in [3.63, 3.8) is 0 Å². The number of carbonyl (C=O) groups is 1. The number of carbonyl (C=O) groups excluding carboxylic acids is 1. The number of primary amides is 1. The van der Waals surface area contributed by atoms with E-state index >= 15 is 0 Å². The average molecular weight is 270 g/mol. The van der Waals surface area contributed by atoms with Crippen LogP contribution in [-0.4, -0.2) is 24.0 Å². The van der Waals surface area contributed by atoms with Gasteiger partial charge in [-0.05, 0) is 37.1 Å². The molecule has 0 bridgehead atoms. The van der Waals surface area contributed by atoms with Gasteiger partial charge in [-0.2, -0.15) is 0 Å². The van der Waals surface area contributed by atoms with E-state index in [0.29, 0.717) is 5.69 Å². The maximum absolute atomic E-state index is 11.2. The minimum Gasteiger partial charge on any atom is -0.397 e. The monoisotopic (exact) mass is 270 g/mol. The SMILES string of the molecule is NC(=O)C1CCN(c2ccc(N)c3ncccc23)CC1. The molecule has 2 heterocycles. The molecule has 1 aromatic carbocycles. The number of nitrogens with zero attached hydrogens (tertiary/aromatic N) is 2. The lowest BCUT2D eigenvalue weighted by Crippen LogP contribution is -2.38. The Morgan fingerprint density at radius 3 is 2.70 bits per heavy atom. The summed E-state index contributed by atoms with van der Waals surface area (Å²) in [7, 11) is 0. The van der Waals surface area contributed by atoms with Crippen LogP contribution in [0, 0.1) is 5.92 Å². The number of piperidine rings is 1. The molecule has 1 saturated heterocycles. The lowest BCUT2D eigenvalue weighted by Gasteiger charge is -2.33. The van der Waals surface area contributed by atoms with Crippen LogP contribution in [0.25, 0.3) is 10.9 Å². The number of fused-ring (bicyclic) bond motifs is 1. The molecule has 2 aromatic rings. The molecule has 1 amide bonds. The molecule has 3 rings (SSSR count). The van der Waals surface area contributed by atoms with E-state index in [1.54, 1.807) is 6.20 Å². The van der Waals surface area contributed by atoms with Crippen LogP contribution in [0.2, 0.25) is 0 Å². The average Bonchev–Trinajstić information content (AvgIpc) is 2.48. The van der Waals surface area contributed by atoms with Crippen molar-refractivity contribution in [2.24, 2.45) is 11.7 Å². The van der Waals surface area contributed by atoms with Crippen molar-refractivity contribution in [3.8, 4) is 0 Å². The van der Waals surface area contributed by atoms with E-state index in [1.807, 2.05) is 24.3 Å². The smallest absolute Gasteiger partial charge is 0.220 e. The third kappa shape index (κ3) is 2.15. The summed E-state index contributed by atoms with van der Waals surface area (Å²) in [5.74, 6) is -0.182. The van der Waals surface area contributed by atoms with Gasteiger partial charge in [0, 0.05) is 36.3 Å². The zero-order chi connectivity index (χ0) is 14.1. The Bertz CT molecular complexity index is 647. The summed E-state index contributed by atoms with van der Waals surface area (Å²) < 4.78 is 0. The van der Waals surface area contributed by atoms with Crippen molar-refractivity contribution in [1.29, 1.82) is 0 Å². The van der Waals surface area contributed by atoms with Gasteiger partial charge >= 0.3 is 0 Å². The summed E-state index contributed by atoms with van der Waals surface area (Å²) >= 11 is 0. The summed E-state index contributed by atoms with van der Waals surface area (Å²) in [6.07, 6.45) is 3.37. The third-order valence-electron chi connectivity index (χ3n) is 4.02. The quantitative estimate of drug-likeness (QED) is 0.810. The van der Waals surface area contributed by atoms with E-state index in [9.17, 15) is 4.79 Å². The number of benzene rings is 1. The highest BCUT2D eigenvalue weighted by Crippen LogP contribution is 2.32. The molecule has 1 fully saturated rings. The predicted octanol–water partition coefficient (Wildman–Crippen LogP) is 1.52. The van der Waals surface area contributed by atoms with Crippen LogP contribution in [0.1, 0.15) is 12.8 Å². The van der Waals surface area contributed by atoms with Gasteiger partial charge in [0.25, 0.3) is 0 Å². The Balaban J connectivity index is 1.92. The fraction of sp³-hybridized carbons (Fsp3) is 0.333. The zero-order valence-corrected chi connectivity index (χ0v) is 11.2. The lowest BCUT2D eigenvalue weighted by molar-refractivity contribution is -0.122. The Morgan fingerprint density at radius 1 is 1.25 bits per heavy atom. The van der Waals surface area contributed by atoms with Crippen molar-refractivity contribution in [2.75, 3.05) is 23.7 Å². The molecule has 0 saturated carbocycles. The largest absolute Gasteiger partial charge is 0.397 e. The molecule has 0 atom stereocenters. The van der Waals surface area contributed by atoms with Gasteiger partial charge in [-0.1, -0.05) is 0 Å². The van der Waals surface area contributed by atoms with E-state index < -0.39 is 0 Å². The second kappa shape index (κ2) is 5.00. The molecule has 20 heavy (non-hydrogen) atoms. The highest BCUT2D eigenvalue weighted by Gasteiger charge is 2.24. The van der Waals surface area contributed by atoms with Gasteiger partial charge in [0.15, 0.2) is 0 Å². The molecule has 1 aliphatic heterocycles. The minimum atomic E-state index is -0.187. The number of rotatable bonds is 2. The molecule has 5 nitrogen and oxygen atoms in total. The summed E-state index contributed by atoms with van der Waals surface area (Å²) in [5, 5.41) is 1.06. The van der Waals surface area contributed by atoms with Crippen molar-refractivity contribution in [2.45, 2.75) is 12.8 Å². The van der Waals surface area contributed by atoms with Gasteiger partial charge in [-0.3, -0.25) is 9.78 Å². The molecule has 0 spiro atoms. The van der Waals surface area contributed by atoms with Gasteiger partial charge in [0.2, 0.25) is 5.91 Å². The summed E-state index contributed by atoms with van der Waals surface area (Å²) in [6, 6.07) is 7.88. The van der Waals surface area contributed by atoms with Crippen LogP contribution in [-0.2, 0) is 4.79 Å². The molecule has 0 aliphatic carbocycles. The molecule has 0 radical (unpaired) electrons. The molecular weight excluding hydrogens is 252 g/mol. The highest BCUT2D eigenvalue weighted by molar-refractivity contribution is 5.98. The number of hydrogen-bond acceptors (Lipinski definition) is 4. The first-order valence-corrected chi connectivity index (χ1v) is 6.84. The lowest BCUT2D eigenvalue weighted by atomic mass is 9.95. The number of nitrogen functional groups attached to an aromatic ring is 1. The first-order chi connectivity index (χ1) is 9.66. The number of anilines is 2.